The van der Waals surface area contributed by atoms with Crippen molar-refractivity contribution >= 4 is 15.7 Å². The Bertz CT molecular complexity index is 632. The fourth-order valence-corrected chi connectivity index (χ4v) is 4.63. The number of benzene rings is 1. The number of rotatable bonds is 3. The molecule has 1 atom stereocenters. The van der Waals surface area contributed by atoms with Crippen LogP contribution in [-0.4, -0.2) is 27.2 Å². The van der Waals surface area contributed by atoms with Gasteiger partial charge in [0.15, 0.2) is 0 Å². The minimum absolute atomic E-state index is 0.286. The molecule has 5 nitrogen and oxygen atoms in total. The number of nitrogens with one attached hydrogen (secondary N) is 1. The molecule has 0 radical (unpaired) electrons. The summed E-state index contributed by atoms with van der Waals surface area (Å²) in [5, 5.41) is 0. The summed E-state index contributed by atoms with van der Waals surface area (Å²) in [7, 11) is -3.61. The Labute approximate surface area is 120 Å². The van der Waals surface area contributed by atoms with Gasteiger partial charge in [-0.3, -0.25) is 0 Å². The van der Waals surface area contributed by atoms with Gasteiger partial charge in [0.1, 0.15) is 0 Å². The van der Waals surface area contributed by atoms with Crippen molar-refractivity contribution in [3.63, 3.8) is 0 Å². The van der Waals surface area contributed by atoms with Crippen molar-refractivity contribution in [2.24, 2.45) is 0 Å². The Morgan fingerprint density at radius 3 is 2.50 bits per heavy atom. The molecule has 1 saturated heterocycles. The van der Waals surface area contributed by atoms with Gasteiger partial charge in [0.05, 0.1) is 17.0 Å². The molecule has 0 saturated carbocycles. The number of hydrogen-bond acceptors (Lipinski definition) is 4. The van der Waals surface area contributed by atoms with Gasteiger partial charge < -0.3 is 10.5 Å². The number of ether oxygens (including phenoxy) is 1. The van der Waals surface area contributed by atoms with Crippen molar-refractivity contribution in [1.82, 2.24) is 4.72 Å². The van der Waals surface area contributed by atoms with E-state index in [1.54, 1.807) is 13.8 Å². The first-order valence-corrected chi connectivity index (χ1v) is 8.13. The van der Waals surface area contributed by atoms with Gasteiger partial charge in [-0.05, 0) is 50.8 Å². The molecule has 6 heteroatoms. The van der Waals surface area contributed by atoms with E-state index in [9.17, 15) is 8.42 Å². The van der Waals surface area contributed by atoms with Gasteiger partial charge in [-0.1, -0.05) is 6.07 Å². The lowest BCUT2D eigenvalue weighted by atomic mass is 10.0. The monoisotopic (exact) mass is 298 g/mol. The van der Waals surface area contributed by atoms with Crippen molar-refractivity contribution in [2.75, 3.05) is 18.9 Å². The largest absolute Gasteiger partial charge is 0.398 e. The van der Waals surface area contributed by atoms with Crippen molar-refractivity contribution in [3.05, 3.63) is 22.8 Å². The summed E-state index contributed by atoms with van der Waals surface area (Å²) in [5.74, 6) is 0. The first-order valence-electron chi connectivity index (χ1n) is 6.64. The van der Waals surface area contributed by atoms with Gasteiger partial charge in [0.2, 0.25) is 10.0 Å². The van der Waals surface area contributed by atoms with E-state index >= 15 is 0 Å². The number of aryl methyl sites for hydroxylation is 2. The lowest BCUT2D eigenvalue weighted by Crippen LogP contribution is -2.46. The first kappa shape index (κ1) is 15.3. The molecule has 1 heterocycles. The molecule has 0 bridgehead atoms. The molecule has 2 rings (SSSR count). The van der Waals surface area contributed by atoms with E-state index in [0.29, 0.717) is 36.4 Å². The van der Waals surface area contributed by atoms with Gasteiger partial charge in [-0.15, -0.1) is 0 Å². The second-order valence-corrected chi connectivity index (χ2v) is 7.47. The number of nitrogens with two attached hydrogens (primary N) is 1. The second-order valence-electron chi connectivity index (χ2n) is 5.85. The lowest BCUT2D eigenvalue weighted by Gasteiger charge is -2.25. The number of hydrogen-bond donors (Lipinski definition) is 2. The smallest absolute Gasteiger partial charge is 0.241 e. The molecule has 20 heavy (non-hydrogen) atoms. The highest BCUT2D eigenvalue weighted by molar-refractivity contribution is 7.89. The van der Waals surface area contributed by atoms with Crippen LogP contribution >= 0.6 is 0 Å². The zero-order valence-electron chi connectivity index (χ0n) is 12.4. The van der Waals surface area contributed by atoms with Crippen molar-refractivity contribution in [1.29, 1.82) is 0 Å². The van der Waals surface area contributed by atoms with Crippen LogP contribution < -0.4 is 10.5 Å². The van der Waals surface area contributed by atoms with Crippen molar-refractivity contribution < 1.29 is 13.2 Å². The Morgan fingerprint density at radius 2 is 1.95 bits per heavy atom. The third-order valence-corrected chi connectivity index (χ3v) is 5.76. The predicted molar refractivity (Wildman–Crippen MR) is 79.2 cm³/mol. The molecule has 0 spiro atoms. The van der Waals surface area contributed by atoms with E-state index in [2.05, 4.69) is 4.72 Å². The molecule has 3 N–H and O–H groups in total. The third kappa shape index (κ3) is 2.68. The van der Waals surface area contributed by atoms with Crippen LogP contribution in [-0.2, 0) is 14.8 Å². The SMILES string of the molecule is Cc1cc(C)c(S(=O)(=O)NC2(C)CCOC2)c(C)c1N. The van der Waals surface area contributed by atoms with Gasteiger partial charge in [-0.2, -0.15) is 0 Å². The van der Waals surface area contributed by atoms with Crippen molar-refractivity contribution in [3.8, 4) is 0 Å². The third-order valence-electron chi connectivity index (χ3n) is 3.83. The van der Waals surface area contributed by atoms with E-state index in [4.69, 9.17) is 10.5 Å². The molecule has 1 aromatic rings. The van der Waals surface area contributed by atoms with Crippen molar-refractivity contribution in [2.45, 2.75) is 44.6 Å². The molecular formula is C14H22N2O3S. The molecule has 0 amide bonds. The minimum atomic E-state index is -3.61. The van der Waals surface area contributed by atoms with E-state index < -0.39 is 15.6 Å². The van der Waals surface area contributed by atoms with E-state index in [1.165, 1.54) is 0 Å². The Hall–Kier alpha value is -1.11. The molecule has 0 aliphatic carbocycles. The van der Waals surface area contributed by atoms with Crippen LogP contribution in [0.4, 0.5) is 5.69 Å². The lowest BCUT2D eigenvalue weighted by molar-refractivity contribution is 0.178. The molecule has 1 unspecified atom stereocenters. The van der Waals surface area contributed by atoms with E-state index in [-0.39, 0.29) is 4.90 Å². The van der Waals surface area contributed by atoms with Crippen LogP contribution in [0.5, 0.6) is 0 Å². The van der Waals surface area contributed by atoms with Gasteiger partial charge in [0.25, 0.3) is 0 Å². The highest BCUT2D eigenvalue weighted by Crippen LogP contribution is 2.30. The molecular weight excluding hydrogens is 276 g/mol. The van der Waals surface area contributed by atoms with E-state index in [0.717, 1.165) is 5.56 Å². The topological polar surface area (TPSA) is 81.4 Å². The van der Waals surface area contributed by atoms with Gasteiger partial charge >= 0.3 is 0 Å². The zero-order valence-corrected chi connectivity index (χ0v) is 13.2. The highest BCUT2D eigenvalue weighted by Gasteiger charge is 2.35. The van der Waals surface area contributed by atoms with Crippen LogP contribution in [0.2, 0.25) is 0 Å². The predicted octanol–water partition coefficient (Wildman–Crippen LogP) is 1.65. The molecule has 1 fully saturated rings. The molecule has 0 aromatic heterocycles. The number of anilines is 1. The van der Waals surface area contributed by atoms with Gasteiger partial charge in [-0.25, -0.2) is 13.1 Å². The highest BCUT2D eigenvalue weighted by atomic mass is 32.2. The second kappa shape index (κ2) is 5.02. The summed E-state index contributed by atoms with van der Waals surface area (Å²) >= 11 is 0. The minimum Gasteiger partial charge on any atom is -0.398 e. The molecule has 1 aromatic carbocycles. The van der Waals surface area contributed by atoms with Gasteiger partial charge in [0, 0.05) is 12.3 Å². The molecule has 112 valence electrons. The standard InChI is InChI=1S/C14H22N2O3S/c1-9-7-10(2)13(11(3)12(9)15)20(17,18)16-14(4)5-6-19-8-14/h7,16H,5-6,8,15H2,1-4H3. The average Bonchev–Trinajstić information content (AvgIpc) is 2.71. The zero-order chi connectivity index (χ0) is 15.1. The normalized spacial score (nSPS) is 23.2. The summed E-state index contributed by atoms with van der Waals surface area (Å²) in [6.07, 6.45) is 0.672. The maximum absolute atomic E-state index is 12.7. The van der Waals surface area contributed by atoms with Crippen LogP contribution in [0, 0.1) is 20.8 Å². The summed E-state index contributed by atoms with van der Waals surface area (Å²) in [6.45, 7) is 8.25. The van der Waals surface area contributed by atoms with Crippen LogP contribution in [0.3, 0.4) is 0 Å². The maximum atomic E-state index is 12.7. The number of sulfonamides is 1. The number of nitrogen functional groups attached to an aromatic ring is 1. The summed E-state index contributed by atoms with van der Waals surface area (Å²) in [5.41, 5.74) is 8.18. The quantitative estimate of drug-likeness (QED) is 0.831. The Balaban J connectivity index is 2.47. The average molecular weight is 298 g/mol. The van der Waals surface area contributed by atoms with E-state index in [1.807, 2.05) is 19.9 Å². The molecule has 1 aliphatic rings. The summed E-state index contributed by atoms with van der Waals surface area (Å²) in [4.78, 5) is 0.286. The fraction of sp³-hybridized carbons (Fsp3) is 0.571. The Morgan fingerprint density at radius 1 is 1.30 bits per heavy atom. The first-order chi connectivity index (χ1) is 9.16. The maximum Gasteiger partial charge on any atom is 0.241 e. The Kier molecular flexibility index (Phi) is 3.83. The summed E-state index contributed by atoms with van der Waals surface area (Å²) in [6, 6.07) is 1.81. The van der Waals surface area contributed by atoms with Crippen LogP contribution in [0.1, 0.15) is 30.0 Å². The summed E-state index contributed by atoms with van der Waals surface area (Å²) < 4.78 is 33.4. The fourth-order valence-electron chi connectivity index (χ4n) is 2.72. The molecule has 1 aliphatic heterocycles. The van der Waals surface area contributed by atoms with Crippen LogP contribution in [0.15, 0.2) is 11.0 Å². The van der Waals surface area contributed by atoms with Crippen LogP contribution in [0.25, 0.3) is 0 Å².